The molecule has 1 heterocycles. The van der Waals surface area contributed by atoms with E-state index in [1.54, 1.807) is 0 Å². The third kappa shape index (κ3) is 4.26. The van der Waals surface area contributed by atoms with Crippen molar-refractivity contribution in [2.75, 3.05) is 26.2 Å². The number of benzene rings is 2. The van der Waals surface area contributed by atoms with Crippen LogP contribution in [0.1, 0.15) is 26.3 Å². The molecule has 0 saturated carbocycles. The summed E-state index contributed by atoms with van der Waals surface area (Å²) >= 11 is 0. The van der Waals surface area contributed by atoms with E-state index in [0.717, 1.165) is 32.7 Å². The van der Waals surface area contributed by atoms with Gasteiger partial charge in [0.25, 0.3) is 0 Å². The smallest absolute Gasteiger partial charge is 0.410 e. The van der Waals surface area contributed by atoms with Gasteiger partial charge in [0.05, 0.1) is 0 Å². The maximum Gasteiger partial charge on any atom is 0.410 e. The third-order valence-corrected chi connectivity index (χ3v) is 4.24. The van der Waals surface area contributed by atoms with E-state index in [4.69, 9.17) is 4.74 Å². The molecular formula is C20H26N2O2. The van der Waals surface area contributed by atoms with Gasteiger partial charge < -0.3 is 9.64 Å². The monoisotopic (exact) mass is 326 g/mol. The molecule has 24 heavy (non-hydrogen) atoms. The van der Waals surface area contributed by atoms with E-state index >= 15 is 0 Å². The fraction of sp³-hybridized carbons (Fsp3) is 0.450. The topological polar surface area (TPSA) is 32.8 Å². The number of carbonyl (C=O) groups excluding carboxylic acids is 1. The molecule has 0 atom stereocenters. The lowest BCUT2D eigenvalue weighted by Gasteiger charge is -2.35. The van der Waals surface area contributed by atoms with Crippen LogP contribution >= 0.6 is 0 Å². The quantitative estimate of drug-likeness (QED) is 0.839. The van der Waals surface area contributed by atoms with E-state index in [2.05, 4.69) is 47.4 Å². The van der Waals surface area contributed by atoms with Gasteiger partial charge in [-0.3, -0.25) is 4.90 Å². The first-order valence-electron chi connectivity index (χ1n) is 8.59. The average Bonchev–Trinajstić information content (AvgIpc) is 2.54. The predicted octanol–water partition coefficient (Wildman–Crippen LogP) is 3.89. The van der Waals surface area contributed by atoms with Crippen LogP contribution in [0.15, 0.2) is 42.5 Å². The number of hydrogen-bond acceptors (Lipinski definition) is 3. The third-order valence-electron chi connectivity index (χ3n) is 4.24. The average molecular weight is 326 g/mol. The van der Waals surface area contributed by atoms with Crippen LogP contribution in [0.25, 0.3) is 10.8 Å². The highest BCUT2D eigenvalue weighted by Crippen LogP contribution is 2.18. The van der Waals surface area contributed by atoms with E-state index in [-0.39, 0.29) is 6.09 Å². The summed E-state index contributed by atoms with van der Waals surface area (Å²) in [5, 5.41) is 2.55. The van der Waals surface area contributed by atoms with E-state index in [9.17, 15) is 4.79 Å². The number of hydrogen-bond donors (Lipinski definition) is 0. The molecule has 0 aliphatic carbocycles. The molecule has 4 heteroatoms. The molecule has 128 valence electrons. The Hall–Kier alpha value is -2.07. The molecule has 0 bridgehead atoms. The molecule has 0 radical (unpaired) electrons. The summed E-state index contributed by atoms with van der Waals surface area (Å²) in [4.78, 5) is 16.3. The highest BCUT2D eigenvalue weighted by Gasteiger charge is 2.25. The molecule has 3 rings (SSSR count). The van der Waals surface area contributed by atoms with Crippen LogP contribution < -0.4 is 0 Å². The van der Waals surface area contributed by atoms with E-state index in [0.29, 0.717) is 0 Å². The zero-order valence-corrected chi connectivity index (χ0v) is 14.8. The maximum absolute atomic E-state index is 12.1. The Bertz CT molecular complexity index is 713. The molecule has 0 spiro atoms. The van der Waals surface area contributed by atoms with Gasteiger partial charge >= 0.3 is 6.09 Å². The molecule has 0 aromatic heterocycles. The first-order chi connectivity index (χ1) is 11.4. The van der Waals surface area contributed by atoms with Crippen molar-refractivity contribution >= 4 is 16.9 Å². The van der Waals surface area contributed by atoms with Crippen LogP contribution in [0.3, 0.4) is 0 Å². The van der Waals surface area contributed by atoms with E-state index < -0.39 is 5.60 Å². The fourth-order valence-corrected chi connectivity index (χ4v) is 3.01. The number of fused-ring (bicyclic) bond motifs is 1. The number of amides is 1. The van der Waals surface area contributed by atoms with Gasteiger partial charge in [0.15, 0.2) is 0 Å². The predicted molar refractivity (Wildman–Crippen MR) is 97.0 cm³/mol. The molecule has 2 aromatic rings. The Labute approximate surface area is 144 Å². The largest absolute Gasteiger partial charge is 0.444 e. The van der Waals surface area contributed by atoms with Gasteiger partial charge in [-0.2, -0.15) is 0 Å². The summed E-state index contributed by atoms with van der Waals surface area (Å²) in [7, 11) is 0. The van der Waals surface area contributed by atoms with Crippen LogP contribution in [-0.4, -0.2) is 47.7 Å². The standard InChI is InChI=1S/C20H26N2O2/c1-20(2,3)24-19(23)22-12-10-21(11-13-22)15-16-8-9-17-6-4-5-7-18(17)14-16/h4-9,14H,10-13,15H2,1-3H3. The van der Waals surface area contributed by atoms with Gasteiger partial charge in [0, 0.05) is 32.7 Å². The van der Waals surface area contributed by atoms with E-state index in [1.807, 2.05) is 25.7 Å². The van der Waals surface area contributed by atoms with Gasteiger partial charge in [-0.05, 0) is 43.2 Å². The molecule has 2 aromatic carbocycles. The van der Waals surface area contributed by atoms with Gasteiger partial charge in [-0.25, -0.2) is 4.79 Å². The highest BCUT2D eigenvalue weighted by atomic mass is 16.6. The Morgan fingerprint density at radius 3 is 2.33 bits per heavy atom. The second kappa shape index (κ2) is 6.81. The number of nitrogens with zero attached hydrogens (tertiary/aromatic N) is 2. The number of ether oxygens (including phenoxy) is 1. The van der Waals surface area contributed by atoms with Crippen LogP contribution in [0.2, 0.25) is 0 Å². The molecular weight excluding hydrogens is 300 g/mol. The SMILES string of the molecule is CC(C)(C)OC(=O)N1CCN(Cc2ccc3ccccc3c2)CC1. The van der Waals surface area contributed by atoms with Crippen LogP contribution in [0.4, 0.5) is 4.79 Å². The number of rotatable bonds is 2. The van der Waals surface area contributed by atoms with Crippen molar-refractivity contribution in [2.45, 2.75) is 32.9 Å². The normalized spacial score (nSPS) is 16.4. The lowest BCUT2D eigenvalue weighted by atomic mass is 10.1. The molecule has 0 unspecified atom stereocenters. The minimum atomic E-state index is -0.431. The van der Waals surface area contributed by atoms with Crippen molar-refractivity contribution in [2.24, 2.45) is 0 Å². The molecule has 1 amide bonds. The minimum absolute atomic E-state index is 0.201. The summed E-state index contributed by atoms with van der Waals surface area (Å²) in [6, 6.07) is 15.1. The maximum atomic E-state index is 12.1. The molecule has 1 fully saturated rings. The molecule has 1 aliphatic heterocycles. The zero-order valence-electron chi connectivity index (χ0n) is 14.8. The van der Waals surface area contributed by atoms with Crippen molar-refractivity contribution in [3.8, 4) is 0 Å². The van der Waals surface area contributed by atoms with Crippen LogP contribution in [0, 0.1) is 0 Å². The van der Waals surface area contributed by atoms with Crippen molar-refractivity contribution < 1.29 is 9.53 Å². The van der Waals surface area contributed by atoms with Crippen LogP contribution in [0.5, 0.6) is 0 Å². The second-order valence-corrected chi connectivity index (χ2v) is 7.43. The van der Waals surface area contributed by atoms with Gasteiger partial charge in [0.2, 0.25) is 0 Å². The Morgan fingerprint density at radius 1 is 1.00 bits per heavy atom. The summed E-state index contributed by atoms with van der Waals surface area (Å²) in [6.07, 6.45) is -0.201. The number of piperazine rings is 1. The minimum Gasteiger partial charge on any atom is -0.444 e. The van der Waals surface area contributed by atoms with Crippen molar-refractivity contribution in [3.63, 3.8) is 0 Å². The fourth-order valence-electron chi connectivity index (χ4n) is 3.01. The molecule has 4 nitrogen and oxygen atoms in total. The molecule has 1 saturated heterocycles. The van der Waals surface area contributed by atoms with Gasteiger partial charge in [-0.15, -0.1) is 0 Å². The highest BCUT2D eigenvalue weighted by molar-refractivity contribution is 5.82. The van der Waals surface area contributed by atoms with Crippen molar-refractivity contribution in [3.05, 3.63) is 48.0 Å². The Morgan fingerprint density at radius 2 is 1.67 bits per heavy atom. The second-order valence-electron chi connectivity index (χ2n) is 7.43. The van der Waals surface area contributed by atoms with Gasteiger partial charge in [-0.1, -0.05) is 36.4 Å². The Balaban J connectivity index is 1.55. The lowest BCUT2D eigenvalue weighted by molar-refractivity contribution is 0.0139. The van der Waals surface area contributed by atoms with Crippen molar-refractivity contribution in [1.82, 2.24) is 9.80 Å². The zero-order chi connectivity index (χ0) is 17.2. The Kier molecular flexibility index (Phi) is 4.76. The first kappa shape index (κ1) is 16.8. The first-order valence-corrected chi connectivity index (χ1v) is 8.59. The summed E-state index contributed by atoms with van der Waals surface area (Å²) in [5.74, 6) is 0. The summed E-state index contributed by atoms with van der Waals surface area (Å²) in [6.45, 7) is 9.85. The van der Waals surface area contributed by atoms with Crippen LogP contribution in [-0.2, 0) is 11.3 Å². The molecule has 0 N–H and O–H groups in total. The van der Waals surface area contributed by atoms with E-state index in [1.165, 1.54) is 16.3 Å². The summed E-state index contributed by atoms with van der Waals surface area (Å²) < 4.78 is 5.45. The van der Waals surface area contributed by atoms with Gasteiger partial charge in [0.1, 0.15) is 5.60 Å². The number of carbonyl (C=O) groups is 1. The molecule has 1 aliphatic rings. The van der Waals surface area contributed by atoms with Crippen molar-refractivity contribution in [1.29, 1.82) is 0 Å². The summed E-state index contributed by atoms with van der Waals surface area (Å²) in [5.41, 5.74) is 0.888. The lowest BCUT2D eigenvalue weighted by Crippen LogP contribution is -2.49.